The van der Waals surface area contributed by atoms with Crippen molar-refractivity contribution in [2.45, 2.75) is 26.4 Å². The van der Waals surface area contributed by atoms with E-state index in [2.05, 4.69) is 9.97 Å². The van der Waals surface area contributed by atoms with Crippen LogP contribution >= 0.6 is 23.2 Å². The van der Waals surface area contributed by atoms with Crippen LogP contribution < -0.4 is 0 Å². The van der Waals surface area contributed by atoms with Gasteiger partial charge in [0.15, 0.2) is 0 Å². The third-order valence-electron chi connectivity index (χ3n) is 4.18. The van der Waals surface area contributed by atoms with E-state index < -0.39 is 11.9 Å². The summed E-state index contributed by atoms with van der Waals surface area (Å²) >= 11 is 12.5. The number of halogens is 5. The second-order valence-electron chi connectivity index (χ2n) is 5.96. The number of alkyl halides is 3. The van der Waals surface area contributed by atoms with Gasteiger partial charge in [0.25, 0.3) is 0 Å². The highest BCUT2D eigenvalue weighted by Crippen LogP contribution is 2.33. The maximum atomic E-state index is 13.0. The normalized spacial score (nSPS) is 12.2. The largest absolute Gasteiger partial charge is 0.433 e. The summed E-state index contributed by atoms with van der Waals surface area (Å²) in [6, 6.07) is 2.87. The van der Waals surface area contributed by atoms with Gasteiger partial charge in [0.05, 0.1) is 5.02 Å². The monoisotopic (exact) mass is 387 g/mol. The van der Waals surface area contributed by atoms with Gasteiger partial charge in [-0.1, -0.05) is 23.2 Å². The smallest absolute Gasteiger partial charge is 0.332 e. The molecule has 3 aromatic heterocycles. The van der Waals surface area contributed by atoms with Crippen molar-refractivity contribution in [3.63, 3.8) is 0 Å². The van der Waals surface area contributed by atoms with Crippen molar-refractivity contribution in [1.82, 2.24) is 14.5 Å². The molecule has 3 heterocycles. The van der Waals surface area contributed by atoms with E-state index in [4.69, 9.17) is 23.2 Å². The van der Waals surface area contributed by atoms with Crippen LogP contribution in [0.1, 0.15) is 28.1 Å². The first kappa shape index (κ1) is 18.0. The average molecular weight is 388 g/mol. The Hall–Kier alpha value is -1.79. The van der Waals surface area contributed by atoms with Gasteiger partial charge >= 0.3 is 6.18 Å². The predicted molar refractivity (Wildman–Crippen MR) is 92.3 cm³/mol. The fourth-order valence-electron chi connectivity index (χ4n) is 2.76. The van der Waals surface area contributed by atoms with Crippen LogP contribution in [-0.4, -0.2) is 14.5 Å². The van der Waals surface area contributed by atoms with Crippen LogP contribution in [0, 0.1) is 13.8 Å². The molecule has 0 saturated heterocycles. The molecule has 0 amide bonds. The number of rotatable bonds is 2. The first-order valence-electron chi connectivity index (χ1n) is 7.42. The van der Waals surface area contributed by atoms with E-state index in [0.29, 0.717) is 28.0 Å². The summed E-state index contributed by atoms with van der Waals surface area (Å²) in [4.78, 5) is 7.88. The van der Waals surface area contributed by atoms with Crippen molar-refractivity contribution < 1.29 is 13.2 Å². The Morgan fingerprint density at radius 1 is 1.12 bits per heavy atom. The summed E-state index contributed by atoms with van der Waals surface area (Å²) in [6.07, 6.45) is -2.56. The molecule has 8 heteroatoms. The number of aryl methyl sites for hydroxylation is 3. The van der Waals surface area contributed by atoms with Crippen LogP contribution in [0.3, 0.4) is 0 Å². The molecule has 3 aromatic rings. The molecule has 25 heavy (non-hydrogen) atoms. The molecule has 0 saturated carbocycles. The van der Waals surface area contributed by atoms with Gasteiger partial charge in [-0.3, -0.25) is 0 Å². The Kier molecular flexibility index (Phi) is 4.45. The topological polar surface area (TPSA) is 30.7 Å². The second-order valence-corrected chi connectivity index (χ2v) is 6.69. The van der Waals surface area contributed by atoms with Gasteiger partial charge in [0, 0.05) is 36.3 Å². The number of hydrogen-bond donors (Lipinski definition) is 0. The van der Waals surface area contributed by atoms with E-state index in [0.717, 1.165) is 17.3 Å². The highest BCUT2D eigenvalue weighted by Gasteiger charge is 2.33. The molecule has 0 bridgehead atoms. The summed E-state index contributed by atoms with van der Waals surface area (Å²) in [5.74, 6) is 0. The molecule has 0 spiro atoms. The Labute approximate surface area is 152 Å². The lowest BCUT2D eigenvalue weighted by molar-refractivity contribution is -0.141. The van der Waals surface area contributed by atoms with E-state index in [1.165, 1.54) is 0 Å². The number of hydrogen-bond acceptors (Lipinski definition) is 2. The van der Waals surface area contributed by atoms with Crippen LogP contribution in [0.2, 0.25) is 10.2 Å². The molecule has 0 aliphatic carbocycles. The highest BCUT2D eigenvalue weighted by molar-refractivity contribution is 6.35. The minimum atomic E-state index is -4.49. The van der Waals surface area contributed by atoms with Crippen LogP contribution in [0.4, 0.5) is 13.2 Å². The lowest BCUT2D eigenvalue weighted by Gasteiger charge is -2.10. The van der Waals surface area contributed by atoms with Crippen LogP contribution in [0.15, 0.2) is 18.3 Å². The van der Waals surface area contributed by atoms with Gasteiger partial charge < -0.3 is 4.57 Å². The number of pyridine rings is 2. The van der Waals surface area contributed by atoms with Crippen molar-refractivity contribution in [3.8, 4) is 0 Å². The zero-order valence-corrected chi connectivity index (χ0v) is 15.2. The lowest BCUT2D eigenvalue weighted by Crippen LogP contribution is -2.09. The first-order chi connectivity index (χ1) is 11.6. The van der Waals surface area contributed by atoms with E-state index in [-0.39, 0.29) is 10.8 Å². The molecule has 0 aliphatic rings. The Bertz CT molecular complexity index is 978. The van der Waals surface area contributed by atoms with Crippen LogP contribution in [0.5, 0.6) is 0 Å². The lowest BCUT2D eigenvalue weighted by atomic mass is 10.1. The molecule has 0 N–H and O–H groups in total. The van der Waals surface area contributed by atoms with Crippen LogP contribution in [0.25, 0.3) is 11.0 Å². The molecule has 0 aromatic carbocycles. The van der Waals surface area contributed by atoms with Gasteiger partial charge in [-0.15, -0.1) is 0 Å². The van der Waals surface area contributed by atoms with Crippen molar-refractivity contribution in [1.29, 1.82) is 0 Å². The summed E-state index contributed by atoms with van der Waals surface area (Å²) in [5, 5.41) is 1.45. The Balaban J connectivity index is 2.15. The van der Waals surface area contributed by atoms with Crippen molar-refractivity contribution in [3.05, 3.63) is 56.6 Å². The van der Waals surface area contributed by atoms with Crippen LogP contribution in [-0.2, 0) is 19.6 Å². The molecule has 0 unspecified atom stereocenters. The fraction of sp³-hybridized carbons (Fsp3) is 0.294. The summed E-state index contributed by atoms with van der Waals surface area (Å²) in [6.45, 7) is 3.45. The summed E-state index contributed by atoms with van der Waals surface area (Å²) in [7, 11) is 1.68. The van der Waals surface area contributed by atoms with Crippen molar-refractivity contribution >= 4 is 34.2 Å². The van der Waals surface area contributed by atoms with Gasteiger partial charge in [0.1, 0.15) is 16.5 Å². The number of aromatic nitrogens is 3. The molecule has 0 radical (unpaired) electrons. The summed E-state index contributed by atoms with van der Waals surface area (Å²) in [5.41, 5.74) is 2.06. The zero-order valence-electron chi connectivity index (χ0n) is 13.7. The standard InChI is InChI=1S/C17H14Cl2F3N3/c1-8-4-13(17(20,21)22)24-16-11(8)5-10(25(16)3)6-12-14(18)9(2)7-23-15(12)19/h4-5,7H,6H2,1-3H3. The fourth-order valence-corrected chi connectivity index (χ4v) is 3.23. The predicted octanol–water partition coefficient (Wildman–Crippen LogP) is 5.50. The van der Waals surface area contributed by atoms with Gasteiger partial charge in [-0.05, 0) is 37.1 Å². The van der Waals surface area contributed by atoms with E-state index in [1.54, 1.807) is 24.7 Å². The van der Waals surface area contributed by atoms with Crippen molar-refractivity contribution in [2.75, 3.05) is 0 Å². The maximum absolute atomic E-state index is 13.0. The highest BCUT2D eigenvalue weighted by atomic mass is 35.5. The number of nitrogens with zero attached hydrogens (tertiary/aromatic N) is 3. The van der Waals surface area contributed by atoms with E-state index in [1.807, 2.05) is 13.0 Å². The molecule has 0 fully saturated rings. The molecular formula is C17H14Cl2F3N3. The Morgan fingerprint density at radius 3 is 2.44 bits per heavy atom. The second kappa shape index (κ2) is 6.18. The van der Waals surface area contributed by atoms with E-state index >= 15 is 0 Å². The van der Waals surface area contributed by atoms with Gasteiger partial charge in [0.2, 0.25) is 0 Å². The third-order valence-corrected chi connectivity index (χ3v) is 5.04. The molecular weight excluding hydrogens is 374 g/mol. The molecule has 0 aliphatic heterocycles. The van der Waals surface area contributed by atoms with Gasteiger partial charge in [-0.25, -0.2) is 9.97 Å². The molecule has 0 atom stereocenters. The molecule has 132 valence electrons. The minimum absolute atomic E-state index is 0.273. The Morgan fingerprint density at radius 2 is 1.80 bits per heavy atom. The number of fused-ring (bicyclic) bond motifs is 1. The maximum Gasteiger partial charge on any atom is 0.433 e. The zero-order chi connectivity index (χ0) is 18.5. The minimum Gasteiger partial charge on any atom is -0.332 e. The average Bonchev–Trinajstić information content (AvgIpc) is 2.84. The van der Waals surface area contributed by atoms with Crippen molar-refractivity contribution in [2.24, 2.45) is 7.05 Å². The quantitative estimate of drug-likeness (QED) is 0.543. The molecule has 3 nitrogen and oxygen atoms in total. The third kappa shape index (κ3) is 3.20. The molecule has 3 rings (SSSR count). The first-order valence-corrected chi connectivity index (χ1v) is 8.17. The van der Waals surface area contributed by atoms with E-state index in [9.17, 15) is 13.2 Å². The van der Waals surface area contributed by atoms with Gasteiger partial charge in [-0.2, -0.15) is 13.2 Å². The SMILES string of the molecule is Cc1cnc(Cl)c(Cc2cc3c(C)cc(C(F)(F)F)nc3n2C)c1Cl. The summed E-state index contributed by atoms with van der Waals surface area (Å²) < 4.78 is 40.7.